The molecule has 1 aliphatic rings. The number of nitrogens with one attached hydrogen (secondary N) is 2. The van der Waals surface area contributed by atoms with Crippen LogP contribution in [0, 0.1) is 0 Å². The molecule has 170 valence electrons. The Balaban J connectivity index is 1.54. The van der Waals surface area contributed by atoms with Gasteiger partial charge in [-0.15, -0.1) is 0 Å². The smallest absolute Gasteiger partial charge is 0.407 e. The normalized spacial score (nSPS) is 14.1. The van der Waals surface area contributed by atoms with E-state index >= 15 is 0 Å². The predicted molar refractivity (Wildman–Crippen MR) is 118 cm³/mol. The number of rotatable bonds is 10. The molecule has 0 aliphatic heterocycles. The van der Waals surface area contributed by atoms with Crippen molar-refractivity contribution in [3.63, 3.8) is 0 Å². The fraction of sp³-hybridized carbons (Fsp3) is 0.375. The molecular formula is C24H28N2O6. The van der Waals surface area contributed by atoms with Gasteiger partial charge in [-0.1, -0.05) is 55.5 Å². The van der Waals surface area contributed by atoms with Crippen LogP contribution in [-0.4, -0.2) is 55.5 Å². The summed E-state index contributed by atoms with van der Waals surface area (Å²) in [7, 11) is 1.30. The highest BCUT2D eigenvalue weighted by Crippen LogP contribution is 2.44. The molecule has 8 heteroatoms. The molecule has 1 unspecified atom stereocenters. The average Bonchev–Trinajstić information content (AvgIpc) is 3.12. The quantitative estimate of drug-likeness (QED) is 0.524. The van der Waals surface area contributed by atoms with Crippen molar-refractivity contribution in [1.82, 2.24) is 10.6 Å². The first kappa shape index (κ1) is 23.3. The first-order valence-corrected chi connectivity index (χ1v) is 10.6. The van der Waals surface area contributed by atoms with Gasteiger partial charge in [0.25, 0.3) is 0 Å². The molecule has 0 saturated carbocycles. The average molecular weight is 440 g/mol. The number of hydrogen-bond acceptors (Lipinski definition) is 5. The fourth-order valence-electron chi connectivity index (χ4n) is 3.93. The lowest BCUT2D eigenvalue weighted by atomic mass is 9.98. The van der Waals surface area contributed by atoms with E-state index in [-0.39, 0.29) is 25.5 Å². The van der Waals surface area contributed by atoms with Crippen LogP contribution in [0.1, 0.15) is 36.8 Å². The third-order valence-corrected chi connectivity index (χ3v) is 5.63. The number of alkyl carbamates (subject to hydrolysis) is 1. The summed E-state index contributed by atoms with van der Waals surface area (Å²) in [5.74, 6) is -1.56. The Morgan fingerprint density at radius 3 is 2.16 bits per heavy atom. The minimum atomic E-state index is -1.09. The number of carboxylic acids is 1. The van der Waals surface area contributed by atoms with E-state index in [4.69, 9.17) is 14.6 Å². The summed E-state index contributed by atoms with van der Waals surface area (Å²) in [5.41, 5.74) is 4.49. The van der Waals surface area contributed by atoms with E-state index in [2.05, 4.69) is 22.8 Å². The molecule has 2 atom stereocenters. The molecule has 2 aromatic carbocycles. The zero-order chi connectivity index (χ0) is 23.1. The van der Waals surface area contributed by atoms with Crippen molar-refractivity contribution in [2.45, 2.75) is 37.8 Å². The number of methoxy groups -OCH3 is 1. The molecule has 3 N–H and O–H groups in total. The molecule has 8 nitrogen and oxygen atoms in total. The summed E-state index contributed by atoms with van der Waals surface area (Å²) in [6.45, 7) is 2.04. The van der Waals surface area contributed by atoms with Gasteiger partial charge >= 0.3 is 12.1 Å². The SMILES string of the molecule is CC[C@@H](NC(=O)OCC1c2ccccc2-c2ccccc21)C(=O)NCCC(OC)C(=O)O. The monoisotopic (exact) mass is 440 g/mol. The molecule has 0 radical (unpaired) electrons. The maximum atomic E-state index is 12.4. The van der Waals surface area contributed by atoms with Crippen LogP contribution in [0.4, 0.5) is 4.79 Å². The molecule has 0 saturated heterocycles. The number of benzene rings is 2. The van der Waals surface area contributed by atoms with Crippen molar-refractivity contribution in [2.75, 3.05) is 20.3 Å². The summed E-state index contributed by atoms with van der Waals surface area (Å²) in [6, 6.07) is 15.3. The van der Waals surface area contributed by atoms with Gasteiger partial charge in [0.1, 0.15) is 12.6 Å². The van der Waals surface area contributed by atoms with Gasteiger partial charge in [-0.25, -0.2) is 9.59 Å². The number of carbonyl (C=O) groups excluding carboxylic acids is 2. The molecule has 1 aliphatic carbocycles. The highest BCUT2D eigenvalue weighted by atomic mass is 16.5. The molecule has 3 rings (SSSR count). The topological polar surface area (TPSA) is 114 Å². The van der Waals surface area contributed by atoms with Gasteiger partial charge in [0.2, 0.25) is 5.91 Å². The van der Waals surface area contributed by atoms with Crippen LogP contribution in [0.2, 0.25) is 0 Å². The van der Waals surface area contributed by atoms with Crippen molar-refractivity contribution >= 4 is 18.0 Å². The lowest BCUT2D eigenvalue weighted by Crippen LogP contribution is -2.47. The molecular weight excluding hydrogens is 412 g/mol. The molecule has 0 aromatic heterocycles. The Morgan fingerprint density at radius 2 is 1.62 bits per heavy atom. The molecule has 0 bridgehead atoms. The second kappa shape index (κ2) is 10.8. The van der Waals surface area contributed by atoms with Crippen LogP contribution >= 0.6 is 0 Å². The van der Waals surface area contributed by atoms with Crippen LogP contribution in [0.5, 0.6) is 0 Å². The highest BCUT2D eigenvalue weighted by molar-refractivity contribution is 5.85. The summed E-state index contributed by atoms with van der Waals surface area (Å²) in [5, 5.41) is 14.2. The Bertz CT molecular complexity index is 931. The first-order chi connectivity index (χ1) is 15.5. The van der Waals surface area contributed by atoms with Gasteiger partial charge in [-0.05, 0) is 28.7 Å². The summed E-state index contributed by atoms with van der Waals surface area (Å²) in [6.07, 6.45) is -1.18. The van der Waals surface area contributed by atoms with Gasteiger partial charge in [0.15, 0.2) is 6.10 Å². The minimum Gasteiger partial charge on any atom is -0.479 e. The number of amides is 2. The molecule has 2 aromatic rings. The van der Waals surface area contributed by atoms with Gasteiger partial charge in [-0.2, -0.15) is 0 Å². The number of ether oxygens (including phenoxy) is 2. The Labute approximate surface area is 186 Å². The molecule has 0 fully saturated rings. The van der Waals surface area contributed by atoms with Gasteiger partial charge < -0.3 is 25.2 Å². The Hall–Kier alpha value is -3.39. The standard InChI is InChI=1S/C24H28N2O6/c1-3-20(22(27)25-13-12-21(31-2)23(28)29)26-24(30)32-14-19-17-10-6-4-8-15(17)16-9-5-7-11-18(16)19/h4-11,19-21H,3,12-14H2,1-2H3,(H,25,27)(H,26,30)(H,28,29)/t20-,21?/m1/s1. The predicted octanol–water partition coefficient (Wildman–Crippen LogP) is 2.91. The molecule has 32 heavy (non-hydrogen) atoms. The van der Waals surface area contributed by atoms with E-state index < -0.39 is 30.1 Å². The second-order valence-corrected chi connectivity index (χ2v) is 7.57. The number of fused-ring (bicyclic) bond motifs is 3. The van der Waals surface area contributed by atoms with Gasteiger partial charge in [0, 0.05) is 26.0 Å². The van der Waals surface area contributed by atoms with E-state index in [9.17, 15) is 14.4 Å². The van der Waals surface area contributed by atoms with E-state index in [0.717, 1.165) is 22.3 Å². The van der Waals surface area contributed by atoms with Crippen LogP contribution in [0.3, 0.4) is 0 Å². The van der Waals surface area contributed by atoms with Crippen molar-refractivity contribution in [3.05, 3.63) is 59.7 Å². The summed E-state index contributed by atoms with van der Waals surface area (Å²) in [4.78, 5) is 35.7. The van der Waals surface area contributed by atoms with Gasteiger partial charge in [0.05, 0.1) is 0 Å². The van der Waals surface area contributed by atoms with Crippen molar-refractivity contribution in [3.8, 4) is 11.1 Å². The van der Waals surface area contributed by atoms with Crippen LogP contribution in [0.25, 0.3) is 11.1 Å². The molecule has 0 spiro atoms. The number of hydrogen-bond donors (Lipinski definition) is 3. The zero-order valence-electron chi connectivity index (χ0n) is 18.2. The first-order valence-electron chi connectivity index (χ1n) is 10.6. The number of aliphatic carboxylic acids is 1. The van der Waals surface area contributed by atoms with Crippen LogP contribution < -0.4 is 10.6 Å². The Morgan fingerprint density at radius 1 is 1.03 bits per heavy atom. The zero-order valence-corrected chi connectivity index (χ0v) is 18.2. The van der Waals surface area contributed by atoms with Crippen LogP contribution in [0.15, 0.2) is 48.5 Å². The third kappa shape index (κ3) is 5.26. The van der Waals surface area contributed by atoms with Gasteiger partial charge in [-0.3, -0.25) is 4.79 Å². The lowest BCUT2D eigenvalue weighted by molar-refractivity contribution is -0.149. The number of carbonyl (C=O) groups is 3. The van der Waals surface area contributed by atoms with E-state index in [1.807, 2.05) is 36.4 Å². The second-order valence-electron chi connectivity index (χ2n) is 7.57. The lowest BCUT2D eigenvalue weighted by Gasteiger charge is -2.19. The summed E-state index contributed by atoms with van der Waals surface area (Å²) < 4.78 is 10.3. The maximum Gasteiger partial charge on any atom is 0.407 e. The van der Waals surface area contributed by atoms with E-state index in [1.54, 1.807) is 6.92 Å². The largest absolute Gasteiger partial charge is 0.479 e. The van der Waals surface area contributed by atoms with E-state index in [1.165, 1.54) is 7.11 Å². The number of carboxylic acid groups (broad SMARTS) is 1. The van der Waals surface area contributed by atoms with Crippen molar-refractivity contribution in [1.29, 1.82) is 0 Å². The fourth-order valence-corrected chi connectivity index (χ4v) is 3.93. The van der Waals surface area contributed by atoms with Crippen molar-refractivity contribution in [2.24, 2.45) is 0 Å². The van der Waals surface area contributed by atoms with Crippen LogP contribution in [-0.2, 0) is 19.1 Å². The third-order valence-electron chi connectivity index (χ3n) is 5.63. The maximum absolute atomic E-state index is 12.4. The van der Waals surface area contributed by atoms with Crippen molar-refractivity contribution < 1.29 is 29.0 Å². The summed E-state index contributed by atoms with van der Waals surface area (Å²) >= 11 is 0. The Kier molecular flexibility index (Phi) is 7.83. The highest BCUT2D eigenvalue weighted by Gasteiger charge is 2.29. The molecule has 2 amide bonds. The van der Waals surface area contributed by atoms with E-state index in [0.29, 0.717) is 6.42 Å². The minimum absolute atomic E-state index is 0.0657. The molecule has 0 heterocycles.